The number of carbonyl (C=O) groups excluding carboxylic acids is 3. The molecule has 28 heavy (non-hydrogen) atoms. The second-order valence-electron chi connectivity index (χ2n) is 6.20. The van der Waals surface area contributed by atoms with Crippen LogP contribution in [0.25, 0.3) is 0 Å². The maximum absolute atomic E-state index is 12.0. The van der Waals surface area contributed by atoms with E-state index >= 15 is 0 Å². The van der Waals surface area contributed by atoms with E-state index < -0.39 is 11.9 Å². The van der Waals surface area contributed by atoms with Crippen molar-refractivity contribution in [1.29, 1.82) is 0 Å². The van der Waals surface area contributed by atoms with Crippen LogP contribution >= 0.6 is 0 Å². The SMILES string of the molecule is COC(=O)CNC(=O)c1ccc(NC(=O)NCc2ccc(N(C)C)cc2)cc1. The van der Waals surface area contributed by atoms with Crippen LogP contribution in [0.3, 0.4) is 0 Å². The maximum Gasteiger partial charge on any atom is 0.325 e. The molecule has 2 rings (SSSR count). The van der Waals surface area contributed by atoms with Crippen LogP contribution in [0.5, 0.6) is 0 Å². The number of urea groups is 1. The second kappa shape index (κ2) is 9.96. The molecule has 0 aliphatic carbocycles. The minimum atomic E-state index is -0.528. The number of nitrogens with zero attached hydrogens (tertiary/aromatic N) is 1. The highest BCUT2D eigenvalue weighted by atomic mass is 16.5. The van der Waals surface area contributed by atoms with Crippen molar-refractivity contribution in [2.45, 2.75) is 6.54 Å². The highest BCUT2D eigenvalue weighted by Crippen LogP contribution is 2.12. The zero-order chi connectivity index (χ0) is 20.5. The number of hydrogen-bond acceptors (Lipinski definition) is 5. The third-order valence-electron chi connectivity index (χ3n) is 3.93. The van der Waals surface area contributed by atoms with E-state index in [1.165, 1.54) is 7.11 Å². The molecular weight excluding hydrogens is 360 g/mol. The Balaban J connectivity index is 1.81. The normalized spacial score (nSPS) is 9.96. The van der Waals surface area contributed by atoms with Gasteiger partial charge in [0.25, 0.3) is 5.91 Å². The number of ether oxygens (including phenoxy) is 1. The van der Waals surface area contributed by atoms with E-state index in [9.17, 15) is 14.4 Å². The monoisotopic (exact) mass is 384 g/mol. The Bertz CT molecular complexity index is 817. The van der Waals surface area contributed by atoms with Crippen LogP contribution in [0, 0.1) is 0 Å². The largest absolute Gasteiger partial charge is 0.468 e. The highest BCUT2D eigenvalue weighted by Gasteiger charge is 2.09. The van der Waals surface area contributed by atoms with Gasteiger partial charge in [-0.3, -0.25) is 9.59 Å². The molecule has 0 heterocycles. The topological polar surface area (TPSA) is 99.8 Å². The zero-order valence-corrected chi connectivity index (χ0v) is 16.1. The van der Waals surface area contributed by atoms with Gasteiger partial charge in [-0.2, -0.15) is 0 Å². The van der Waals surface area contributed by atoms with Crippen molar-refractivity contribution in [1.82, 2.24) is 10.6 Å². The van der Waals surface area contributed by atoms with Gasteiger partial charge in [-0.1, -0.05) is 12.1 Å². The Labute approximate surface area is 163 Å². The number of methoxy groups -OCH3 is 1. The van der Waals surface area contributed by atoms with Gasteiger partial charge in [0.1, 0.15) is 6.54 Å². The lowest BCUT2D eigenvalue weighted by Crippen LogP contribution is -2.30. The van der Waals surface area contributed by atoms with Gasteiger partial charge < -0.3 is 25.6 Å². The van der Waals surface area contributed by atoms with E-state index in [-0.39, 0.29) is 12.6 Å². The number of esters is 1. The summed E-state index contributed by atoms with van der Waals surface area (Å²) in [6, 6.07) is 13.9. The fraction of sp³-hybridized carbons (Fsp3) is 0.250. The maximum atomic E-state index is 12.0. The summed E-state index contributed by atoms with van der Waals surface area (Å²) in [7, 11) is 5.18. The Hall–Kier alpha value is -3.55. The first kappa shape index (κ1) is 20.8. The van der Waals surface area contributed by atoms with Crippen molar-refractivity contribution in [2.75, 3.05) is 38.0 Å². The predicted octanol–water partition coefficient (Wildman–Crippen LogP) is 1.98. The summed E-state index contributed by atoms with van der Waals surface area (Å²) in [5.41, 5.74) is 2.99. The van der Waals surface area contributed by atoms with Crippen molar-refractivity contribution >= 4 is 29.3 Å². The number of carbonyl (C=O) groups is 3. The number of hydrogen-bond donors (Lipinski definition) is 3. The Morgan fingerprint density at radius 1 is 0.929 bits per heavy atom. The number of benzene rings is 2. The first-order chi connectivity index (χ1) is 13.4. The fourth-order valence-corrected chi connectivity index (χ4v) is 2.30. The molecule has 2 aromatic carbocycles. The zero-order valence-electron chi connectivity index (χ0n) is 16.1. The molecule has 3 amide bonds. The van der Waals surface area contributed by atoms with Crippen LogP contribution < -0.4 is 20.9 Å². The van der Waals surface area contributed by atoms with Crippen molar-refractivity contribution in [3.8, 4) is 0 Å². The molecule has 0 aliphatic rings. The quantitative estimate of drug-likeness (QED) is 0.634. The summed E-state index contributed by atoms with van der Waals surface area (Å²) in [4.78, 5) is 37.0. The lowest BCUT2D eigenvalue weighted by molar-refractivity contribution is -0.139. The molecule has 0 radical (unpaired) electrons. The van der Waals surface area contributed by atoms with Gasteiger partial charge in [0.05, 0.1) is 7.11 Å². The lowest BCUT2D eigenvalue weighted by Gasteiger charge is -2.13. The van der Waals surface area contributed by atoms with Crippen LogP contribution in [0.2, 0.25) is 0 Å². The molecule has 8 heteroatoms. The summed E-state index contributed by atoms with van der Waals surface area (Å²) in [5.74, 6) is -0.928. The smallest absolute Gasteiger partial charge is 0.325 e. The van der Waals surface area contributed by atoms with Gasteiger partial charge in [0.2, 0.25) is 0 Å². The third kappa shape index (κ3) is 6.31. The number of amides is 3. The molecule has 0 unspecified atom stereocenters. The average Bonchev–Trinajstić information content (AvgIpc) is 2.71. The molecule has 0 aromatic heterocycles. The van der Waals surface area contributed by atoms with E-state index in [0.717, 1.165) is 11.3 Å². The average molecular weight is 384 g/mol. The standard InChI is InChI=1S/C20H24N4O4/c1-24(2)17-10-4-14(5-11-17)12-22-20(27)23-16-8-6-15(7-9-16)19(26)21-13-18(25)28-3/h4-11H,12-13H2,1-3H3,(H,21,26)(H2,22,23,27). The molecular formula is C20H24N4O4. The van der Waals surface area contributed by atoms with Crippen LogP contribution in [-0.4, -0.2) is 45.7 Å². The minimum Gasteiger partial charge on any atom is -0.468 e. The van der Waals surface area contributed by atoms with Crippen molar-refractivity contribution < 1.29 is 19.1 Å². The van der Waals surface area contributed by atoms with Gasteiger partial charge in [0.15, 0.2) is 0 Å². The molecule has 0 spiro atoms. The van der Waals surface area contributed by atoms with Crippen LogP contribution in [-0.2, 0) is 16.1 Å². The molecule has 0 fully saturated rings. The Morgan fingerprint density at radius 2 is 1.57 bits per heavy atom. The highest BCUT2D eigenvalue weighted by molar-refractivity contribution is 5.96. The minimum absolute atomic E-state index is 0.201. The molecule has 148 valence electrons. The first-order valence-corrected chi connectivity index (χ1v) is 8.65. The van der Waals surface area contributed by atoms with E-state index in [2.05, 4.69) is 20.7 Å². The Morgan fingerprint density at radius 3 is 2.14 bits per heavy atom. The van der Waals surface area contributed by atoms with Gasteiger partial charge in [-0.15, -0.1) is 0 Å². The van der Waals surface area contributed by atoms with Crippen LogP contribution in [0.15, 0.2) is 48.5 Å². The van der Waals surface area contributed by atoms with E-state index in [1.807, 2.05) is 43.3 Å². The van der Waals surface area contributed by atoms with Gasteiger partial charge in [-0.25, -0.2) is 4.79 Å². The molecule has 0 saturated carbocycles. The summed E-state index contributed by atoms with van der Waals surface area (Å²) < 4.78 is 4.46. The van der Waals surface area contributed by atoms with Crippen molar-refractivity contribution in [3.05, 3.63) is 59.7 Å². The summed E-state index contributed by atoms with van der Waals surface area (Å²) in [5, 5.41) is 7.92. The Kier molecular flexibility index (Phi) is 7.38. The molecule has 8 nitrogen and oxygen atoms in total. The van der Waals surface area contributed by atoms with E-state index in [0.29, 0.717) is 17.8 Å². The summed E-state index contributed by atoms with van der Waals surface area (Å²) >= 11 is 0. The van der Waals surface area contributed by atoms with E-state index in [4.69, 9.17) is 0 Å². The molecule has 3 N–H and O–H groups in total. The number of anilines is 2. The number of nitrogens with one attached hydrogen (secondary N) is 3. The molecule has 0 bridgehead atoms. The second-order valence-corrected chi connectivity index (χ2v) is 6.20. The van der Waals surface area contributed by atoms with Crippen molar-refractivity contribution in [2.24, 2.45) is 0 Å². The predicted molar refractivity (Wildman–Crippen MR) is 107 cm³/mol. The molecule has 2 aromatic rings. The molecule has 0 saturated heterocycles. The first-order valence-electron chi connectivity index (χ1n) is 8.65. The van der Waals surface area contributed by atoms with Gasteiger partial charge in [-0.05, 0) is 42.0 Å². The molecule has 0 atom stereocenters. The van der Waals surface area contributed by atoms with E-state index in [1.54, 1.807) is 24.3 Å². The fourth-order valence-electron chi connectivity index (χ4n) is 2.30. The third-order valence-corrected chi connectivity index (χ3v) is 3.93. The van der Waals surface area contributed by atoms with Crippen LogP contribution in [0.1, 0.15) is 15.9 Å². The summed E-state index contributed by atoms with van der Waals surface area (Å²) in [6.07, 6.45) is 0. The van der Waals surface area contributed by atoms with Gasteiger partial charge >= 0.3 is 12.0 Å². The lowest BCUT2D eigenvalue weighted by atomic mass is 10.2. The number of rotatable bonds is 7. The summed E-state index contributed by atoms with van der Waals surface area (Å²) in [6.45, 7) is 0.195. The van der Waals surface area contributed by atoms with Crippen LogP contribution in [0.4, 0.5) is 16.2 Å². The molecule has 0 aliphatic heterocycles. The van der Waals surface area contributed by atoms with Crippen molar-refractivity contribution in [3.63, 3.8) is 0 Å². The van der Waals surface area contributed by atoms with Gasteiger partial charge in [0, 0.05) is 37.6 Å².